The molecule has 5 rings (SSSR count). The van der Waals surface area contributed by atoms with Crippen LogP contribution in [0.3, 0.4) is 0 Å². The highest BCUT2D eigenvalue weighted by Crippen LogP contribution is 2.22. The molecule has 188 valence electrons. The third kappa shape index (κ3) is 5.83. The lowest BCUT2D eigenvalue weighted by Crippen LogP contribution is -2.38. The van der Waals surface area contributed by atoms with E-state index >= 15 is 0 Å². The summed E-state index contributed by atoms with van der Waals surface area (Å²) in [4.78, 5) is 17.4. The molecule has 0 unspecified atom stereocenters. The summed E-state index contributed by atoms with van der Waals surface area (Å²) >= 11 is 0. The van der Waals surface area contributed by atoms with Gasteiger partial charge in [0, 0.05) is 32.0 Å². The second-order valence-electron chi connectivity index (χ2n) is 9.80. The van der Waals surface area contributed by atoms with Gasteiger partial charge in [-0.15, -0.1) is 15.3 Å². The summed E-state index contributed by atoms with van der Waals surface area (Å²) in [6.07, 6.45) is 9.53. The molecule has 2 aliphatic heterocycles. The Balaban J connectivity index is 1.12. The topological polar surface area (TPSA) is 91.8 Å². The molecular formula is C26H37N7O2. The molecule has 0 radical (unpaired) electrons. The summed E-state index contributed by atoms with van der Waals surface area (Å²) in [5, 5.41) is 16.2. The molecule has 3 aromatic heterocycles. The first-order chi connectivity index (χ1) is 17.2. The summed E-state index contributed by atoms with van der Waals surface area (Å²) in [5.41, 5.74) is 0.711. The van der Waals surface area contributed by atoms with Gasteiger partial charge in [-0.2, -0.15) is 4.52 Å². The summed E-state index contributed by atoms with van der Waals surface area (Å²) in [7, 11) is 0. The Labute approximate surface area is 206 Å². The molecule has 9 heteroatoms. The predicted molar refractivity (Wildman–Crippen MR) is 134 cm³/mol. The summed E-state index contributed by atoms with van der Waals surface area (Å²) in [6, 6.07) is 8.62. The second kappa shape index (κ2) is 11.2. The van der Waals surface area contributed by atoms with E-state index in [9.17, 15) is 4.79 Å². The van der Waals surface area contributed by atoms with E-state index in [1.807, 2.05) is 24.3 Å². The van der Waals surface area contributed by atoms with Crippen LogP contribution < -0.4 is 10.2 Å². The molecule has 2 saturated heterocycles. The summed E-state index contributed by atoms with van der Waals surface area (Å²) in [6.45, 7) is 6.70. The molecule has 1 atom stereocenters. The van der Waals surface area contributed by atoms with Gasteiger partial charge < -0.3 is 14.6 Å². The van der Waals surface area contributed by atoms with Crippen molar-refractivity contribution in [1.29, 1.82) is 0 Å². The maximum absolute atomic E-state index is 12.5. The number of carbonyl (C=O) groups is 1. The smallest absolute Gasteiger partial charge is 0.220 e. The number of amides is 1. The maximum atomic E-state index is 12.5. The molecular weight excluding hydrogens is 442 g/mol. The van der Waals surface area contributed by atoms with Gasteiger partial charge in [0.2, 0.25) is 5.91 Å². The van der Waals surface area contributed by atoms with Crippen molar-refractivity contribution in [1.82, 2.24) is 30.0 Å². The molecule has 1 N–H and O–H groups in total. The SMILES string of the molecule is CC[C@H]1CCCCN1Cc1ccc(CNC(=O)CCc2nnc3ccc(N4CCCCC4)nn23)o1. The molecule has 0 aliphatic carbocycles. The average Bonchev–Trinajstić information content (AvgIpc) is 3.53. The van der Waals surface area contributed by atoms with Gasteiger partial charge in [-0.1, -0.05) is 13.3 Å². The fourth-order valence-corrected chi connectivity index (χ4v) is 5.30. The van der Waals surface area contributed by atoms with Gasteiger partial charge >= 0.3 is 0 Å². The molecule has 2 aliphatic rings. The highest BCUT2D eigenvalue weighted by Gasteiger charge is 2.22. The van der Waals surface area contributed by atoms with Crippen LogP contribution in [0, 0.1) is 0 Å². The van der Waals surface area contributed by atoms with Crippen LogP contribution in [0.25, 0.3) is 5.65 Å². The van der Waals surface area contributed by atoms with Crippen LogP contribution in [0.4, 0.5) is 5.82 Å². The van der Waals surface area contributed by atoms with E-state index < -0.39 is 0 Å². The van der Waals surface area contributed by atoms with Crippen LogP contribution in [-0.2, 0) is 24.3 Å². The lowest BCUT2D eigenvalue weighted by atomic mass is 10.00. The third-order valence-corrected chi connectivity index (χ3v) is 7.33. The first-order valence-corrected chi connectivity index (χ1v) is 13.2. The Morgan fingerprint density at radius 3 is 2.71 bits per heavy atom. The van der Waals surface area contributed by atoms with Crippen molar-refractivity contribution in [3.05, 3.63) is 41.6 Å². The van der Waals surface area contributed by atoms with Gasteiger partial charge in [0.1, 0.15) is 17.3 Å². The van der Waals surface area contributed by atoms with Crippen LogP contribution >= 0.6 is 0 Å². The van der Waals surface area contributed by atoms with Crippen molar-refractivity contribution >= 4 is 17.4 Å². The van der Waals surface area contributed by atoms with Gasteiger partial charge in [-0.05, 0) is 69.3 Å². The second-order valence-corrected chi connectivity index (χ2v) is 9.80. The van der Waals surface area contributed by atoms with Crippen LogP contribution in [-0.4, -0.2) is 56.3 Å². The first kappa shape index (κ1) is 23.8. The number of anilines is 1. The Kier molecular flexibility index (Phi) is 7.61. The first-order valence-electron chi connectivity index (χ1n) is 13.2. The van der Waals surface area contributed by atoms with Gasteiger partial charge in [-0.3, -0.25) is 9.69 Å². The Morgan fingerprint density at radius 1 is 1.03 bits per heavy atom. The van der Waals surface area contributed by atoms with E-state index in [2.05, 4.69) is 32.2 Å². The number of piperidine rings is 2. The maximum Gasteiger partial charge on any atom is 0.220 e. The Hall–Kier alpha value is -2.94. The number of aromatic nitrogens is 4. The highest BCUT2D eigenvalue weighted by atomic mass is 16.3. The van der Waals surface area contributed by atoms with E-state index in [0.29, 0.717) is 36.9 Å². The van der Waals surface area contributed by atoms with Crippen LogP contribution in [0.5, 0.6) is 0 Å². The minimum atomic E-state index is -0.0334. The number of furan rings is 1. The van der Waals surface area contributed by atoms with Crippen molar-refractivity contribution in [2.75, 3.05) is 24.5 Å². The number of hydrogen-bond acceptors (Lipinski definition) is 7. The largest absolute Gasteiger partial charge is 0.463 e. The molecule has 3 aromatic rings. The van der Waals surface area contributed by atoms with E-state index in [-0.39, 0.29) is 5.91 Å². The van der Waals surface area contributed by atoms with Gasteiger partial charge in [0.15, 0.2) is 11.5 Å². The molecule has 1 amide bonds. The summed E-state index contributed by atoms with van der Waals surface area (Å²) < 4.78 is 7.79. The van der Waals surface area contributed by atoms with E-state index in [1.54, 1.807) is 4.52 Å². The molecule has 5 heterocycles. The molecule has 35 heavy (non-hydrogen) atoms. The van der Waals surface area contributed by atoms with Crippen molar-refractivity contribution < 1.29 is 9.21 Å². The zero-order chi connectivity index (χ0) is 24.0. The molecule has 0 spiro atoms. The van der Waals surface area contributed by atoms with E-state index in [4.69, 9.17) is 9.52 Å². The van der Waals surface area contributed by atoms with Gasteiger partial charge in [-0.25, -0.2) is 0 Å². The quantitative estimate of drug-likeness (QED) is 0.500. The average molecular weight is 480 g/mol. The molecule has 2 fully saturated rings. The normalized spacial score (nSPS) is 19.3. The Bertz CT molecular complexity index is 1120. The fourth-order valence-electron chi connectivity index (χ4n) is 5.30. The predicted octanol–water partition coefficient (Wildman–Crippen LogP) is 3.72. The number of hydrogen-bond donors (Lipinski definition) is 1. The number of nitrogens with zero attached hydrogens (tertiary/aromatic N) is 6. The minimum Gasteiger partial charge on any atom is -0.463 e. The van der Waals surface area contributed by atoms with Gasteiger partial charge in [0.05, 0.1) is 13.1 Å². The van der Waals surface area contributed by atoms with Crippen molar-refractivity contribution in [3.63, 3.8) is 0 Å². The number of fused-ring (bicyclic) bond motifs is 1. The molecule has 0 bridgehead atoms. The zero-order valence-electron chi connectivity index (χ0n) is 20.8. The highest BCUT2D eigenvalue weighted by molar-refractivity contribution is 5.76. The standard InChI is InChI=1S/C26H37N7O2/c1-2-20-8-4-7-17-32(20)19-22-10-9-21(35-22)18-27-26(34)14-13-24-29-28-23-11-12-25(30-33(23)24)31-15-5-3-6-16-31/h9-12,20H,2-8,13-19H2,1H3,(H,27,34)/t20-/m0/s1. The van der Waals surface area contributed by atoms with E-state index in [1.165, 1.54) is 44.9 Å². The van der Waals surface area contributed by atoms with Crippen molar-refractivity contribution in [3.8, 4) is 0 Å². The zero-order valence-corrected chi connectivity index (χ0v) is 20.8. The molecule has 0 aromatic carbocycles. The van der Waals surface area contributed by atoms with Crippen molar-refractivity contribution in [2.45, 2.75) is 83.8 Å². The number of aryl methyl sites for hydroxylation is 1. The number of likely N-dealkylation sites (tertiary alicyclic amines) is 1. The number of rotatable bonds is 9. The third-order valence-electron chi connectivity index (χ3n) is 7.33. The minimum absolute atomic E-state index is 0.0334. The molecule has 9 nitrogen and oxygen atoms in total. The summed E-state index contributed by atoms with van der Waals surface area (Å²) in [5.74, 6) is 3.39. The number of nitrogens with one attached hydrogen (secondary N) is 1. The van der Waals surface area contributed by atoms with E-state index in [0.717, 1.165) is 43.5 Å². The molecule has 0 saturated carbocycles. The monoisotopic (exact) mass is 479 g/mol. The lowest BCUT2D eigenvalue weighted by Gasteiger charge is -2.34. The lowest BCUT2D eigenvalue weighted by molar-refractivity contribution is -0.121. The Morgan fingerprint density at radius 2 is 1.86 bits per heavy atom. The van der Waals surface area contributed by atoms with Crippen LogP contribution in [0.1, 0.15) is 75.6 Å². The number of carbonyl (C=O) groups excluding carboxylic acids is 1. The van der Waals surface area contributed by atoms with Crippen LogP contribution in [0.2, 0.25) is 0 Å². The van der Waals surface area contributed by atoms with Gasteiger partial charge in [0.25, 0.3) is 0 Å². The van der Waals surface area contributed by atoms with Crippen LogP contribution in [0.15, 0.2) is 28.7 Å². The fraction of sp³-hybridized carbons (Fsp3) is 0.615. The van der Waals surface area contributed by atoms with Crippen molar-refractivity contribution in [2.24, 2.45) is 0 Å².